The van der Waals surface area contributed by atoms with Crippen molar-refractivity contribution in [3.05, 3.63) is 69.8 Å². The number of rotatable bonds is 6. The van der Waals surface area contributed by atoms with Gasteiger partial charge in [0.05, 0.1) is 23.4 Å². The van der Waals surface area contributed by atoms with E-state index in [2.05, 4.69) is 10.3 Å². The van der Waals surface area contributed by atoms with Crippen molar-refractivity contribution in [2.24, 2.45) is 0 Å². The second kappa shape index (κ2) is 8.10. The molecule has 0 spiro atoms. The summed E-state index contributed by atoms with van der Waals surface area (Å²) in [6.45, 7) is 2.41. The van der Waals surface area contributed by atoms with E-state index in [0.717, 1.165) is 21.8 Å². The van der Waals surface area contributed by atoms with Crippen LogP contribution < -0.4 is 10.1 Å². The van der Waals surface area contributed by atoms with E-state index >= 15 is 0 Å². The normalized spacial score (nSPS) is 10.6. The Morgan fingerprint density at radius 1 is 1.23 bits per heavy atom. The van der Waals surface area contributed by atoms with Crippen LogP contribution in [0.3, 0.4) is 0 Å². The highest BCUT2D eigenvalue weighted by Crippen LogP contribution is 2.22. The van der Waals surface area contributed by atoms with Crippen LogP contribution in [-0.2, 0) is 6.42 Å². The van der Waals surface area contributed by atoms with E-state index in [-0.39, 0.29) is 5.56 Å². The number of carbonyl (C=O) groups is 1. The van der Waals surface area contributed by atoms with Gasteiger partial charge in [-0.1, -0.05) is 24.3 Å². The van der Waals surface area contributed by atoms with Crippen LogP contribution in [0.5, 0.6) is 5.75 Å². The zero-order valence-corrected chi connectivity index (χ0v) is 15.4. The molecule has 2 aromatic carbocycles. The first-order chi connectivity index (χ1) is 12.6. The molecular weight excluding hydrogens is 351 g/mol. The van der Waals surface area contributed by atoms with Crippen LogP contribution in [0, 0.1) is 12.7 Å². The van der Waals surface area contributed by atoms with E-state index in [4.69, 9.17) is 4.74 Å². The summed E-state index contributed by atoms with van der Waals surface area (Å²) in [5.74, 6) is -0.640. The fraction of sp³-hybridized carbons (Fsp3) is 0.200. The van der Waals surface area contributed by atoms with Crippen LogP contribution in [0.2, 0.25) is 0 Å². The highest BCUT2D eigenvalue weighted by molar-refractivity contribution is 7.09. The van der Waals surface area contributed by atoms with Crippen molar-refractivity contribution in [3.63, 3.8) is 0 Å². The number of ether oxygens (including phenoxy) is 1. The van der Waals surface area contributed by atoms with Gasteiger partial charge in [-0.05, 0) is 31.0 Å². The molecule has 3 aromatic rings. The number of carbonyl (C=O) groups excluding carboxylic acids is 1. The maximum atomic E-state index is 13.9. The summed E-state index contributed by atoms with van der Waals surface area (Å²) in [6.07, 6.45) is 0.667. The van der Waals surface area contributed by atoms with Crippen molar-refractivity contribution in [1.29, 1.82) is 0 Å². The number of benzene rings is 2. The van der Waals surface area contributed by atoms with E-state index in [1.54, 1.807) is 17.4 Å². The fourth-order valence-electron chi connectivity index (χ4n) is 2.56. The highest BCUT2D eigenvalue weighted by Gasteiger charge is 2.12. The van der Waals surface area contributed by atoms with Crippen LogP contribution in [0.25, 0.3) is 11.3 Å². The minimum absolute atomic E-state index is 0.0139. The van der Waals surface area contributed by atoms with Gasteiger partial charge in [0.25, 0.3) is 5.91 Å². The van der Waals surface area contributed by atoms with E-state index < -0.39 is 11.7 Å². The van der Waals surface area contributed by atoms with Gasteiger partial charge in [-0.25, -0.2) is 9.37 Å². The highest BCUT2D eigenvalue weighted by atomic mass is 32.1. The number of amides is 1. The summed E-state index contributed by atoms with van der Waals surface area (Å²) in [6, 6.07) is 12.3. The third kappa shape index (κ3) is 4.26. The average Bonchev–Trinajstić information content (AvgIpc) is 3.08. The smallest absolute Gasteiger partial charge is 0.254 e. The Bertz CT molecular complexity index is 906. The molecule has 0 unspecified atom stereocenters. The topological polar surface area (TPSA) is 51.2 Å². The number of halogens is 1. The summed E-state index contributed by atoms with van der Waals surface area (Å²) >= 11 is 1.62. The molecule has 26 heavy (non-hydrogen) atoms. The molecular formula is C20H19FN2O2S. The SMILES string of the molecule is COc1ccc(C(=O)NCCc2ccc(-c3csc(C)n3)cc2)c(F)c1. The number of hydrogen-bond donors (Lipinski definition) is 1. The van der Waals surface area contributed by atoms with Gasteiger partial charge in [0.1, 0.15) is 11.6 Å². The number of nitrogens with one attached hydrogen (secondary N) is 1. The van der Waals surface area contributed by atoms with Crippen LogP contribution in [0.1, 0.15) is 20.9 Å². The molecule has 6 heteroatoms. The first-order valence-corrected chi connectivity index (χ1v) is 9.08. The molecule has 0 radical (unpaired) electrons. The van der Waals surface area contributed by atoms with E-state index in [1.807, 2.05) is 36.6 Å². The zero-order chi connectivity index (χ0) is 18.5. The number of hydrogen-bond acceptors (Lipinski definition) is 4. The lowest BCUT2D eigenvalue weighted by atomic mass is 10.1. The number of aryl methyl sites for hydroxylation is 1. The quantitative estimate of drug-likeness (QED) is 0.706. The lowest BCUT2D eigenvalue weighted by molar-refractivity contribution is 0.0950. The van der Waals surface area contributed by atoms with Gasteiger partial charge in [-0.2, -0.15) is 0 Å². The Labute approximate surface area is 155 Å². The summed E-state index contributed by atoms with van der Waals surface area (Å²) in [5, 5.41) is 5.82. The number of methoxy groups -OCH3 is 1. The molecule has 134 valence electrons. The predicted octanol–water partition coefficient (Wildman–Crippen LogP) is 4.24. The number of aromatic nitrogens is 1. The molecule has 1 N–H and O–H groups in total. The average molecular weight is 370 g/mol. The Hall–Kier alpha value is -2.73. The van der Waals surface area contributed by atoms with Gasteiger partial charge in [0, 0.05) is 23.6 Å². The maximum absolute atomic E-state index is 13.9. The molecule has 0 aliphatic carbocycles. The van der Waals surface area contributed by atoms with Crippen molar-refractivity contribution in [2.75, 3.05) is 13.7 Å². The van der Waals surface area contributed by atoms with Crippen molar-refractivity contribution < 1.29 is 13.9 Å². The van der Waals surface area contributed by atoms with Crippen LogP contribution >= 0.6 is 11.3 Å². The molecule has 4 nitrogen and oxygen atoms in total. The summed E-state index contributed by atoms with van der Waals surface area (Å²) in [5.41, 5.74) is 3.15. The summed E-state index contributed by atoms with van der Waals surface area (Å²) < 4.78 is 18.8. The number of nitrogens with zero attached hydrogens (tertiary/aromatic N) is 1. The molecule has 0 saturated heterocycles. The minimum Gasteiger partial charge on any atom is -0.497 e. The van der Waals surface area contributed by atoms with Crippen molar-refractivity contribution in [1.82, 2.24) is 10.3 Å². The molecule has 1 amide bonds. The molecule has 1 aromatic heterocycles. The van der Waals surface area contributed by atoms with Gasteiger partial charge < -0.3 is 10.1 Å². The number of thiazole rings is 1. The lowest BCUT2D eigenvalue weighted by Crippen LogP contribution is -2.26. The van der Waals surface area contributed by atoms with E-state index in [0.29, 0.717) is 18.7 Å². The second-order valence-electron chi connectivity index (χ2n) is 5.80. The molecule has 0 aliphatic rings. The maximum Gasteiger partial charge on any atom is 0.254 e. The second-order valence-corrected chi connectivity index (χ2v) is 6.86. The van der Waals surface area contributed by atoms with Crippen molar-refractivity contribution in [3.8, 4) is 17.0 Å². The summed E-state index contributed by atoms with van der Waals surface area (Å²) in [7, 11) is 1.45. The Morgan fingerprint density at radius 2 is 2.00 bits per heavy atom. The van der Waals surface area contributed by atoms with Gasteiger partial charge in [-0.3, -0.25) is 4.79 Å². The largest absolute Gasteiger partial charge is 0.497 e. The minimum atomic E-state index is -0.593. The van der Waals surface area contributed by atoms with Gasteiger partial charge >= 0.3 is 0 Å². The van der Waals surface area contributed by atoms with Crippen LogP contribution in [0.4, 0.5) is 4.39 Å². The third-order valence-electron chi connectivity index (χ3n) is 3.99. The van der Waals surface area contributed by atoms with Gasteiger partial charge in [0.2, 0.25) is 0 Å². The fourth-order valence-corrected chi connectivity index (χ4v) is 3.18. The van der Waals surface area contributed by atoms with Crippen molar-refractivity contribution >= 4 is 17.2 Å². The molecule has 3 rings (SSSR count). The molecule has 0 aliphatic heterocycles. The Kier molecular flexibility index (Phi) is 5.63. The summed E-state index contributed by atoms with van der Waals surface area (Å²) in [4.78, 5) is 16.6. The predicted molar refractivity (Wildman–Crippen MR) is 101 cm³/mol. The first kappa shape index (κ1) is 18.1. The molecule has 0 fully saturated rings. The molecule has 0 atom stereocenters. The third-order valence-corrected chi connectivity index (χ3v) is 4.76. The van der Waals surface area contributed by atoms with Gasteiger partial charge in [-0.15, -0.1) is 11.3 Å². The Balaban J connectivity index is 1.55. The van der Waals surface area contributed by atoms with Crippen LogP contribution in [-0.4, -0.2) is 24.5 Å². The van der Waals surface area contributed by atoms with E-state index in [9.17, 15) is 9.18 Å². The lowest BCUT2D eigenvalue weighted by Gasteiger charge is -2.08. The van der Waals surface area contributed by atoms with E-state index in [1.165, 1.54) is 19.2 Å². The molecule has 1 heterocycles. The monoisotopic (exact) mass is 370 g/mol. The standard InChI is InChI=1S/C20H19FN2O2S/c1-13-23-19(12-26-13)15-5-3-14(4-6-15)9-10-22-20(24)17-8-7-16(25-2)11-18(17)21/h3-8,11-12H,9-10H2,1-2H3,(H,22,24). The first-order valence-electron chi connectivity index (χ1n) is 8.20. The molecule has 0 saturated carbocycles. The zero-order valence-electron chi connectivity index (χ0n) is 14.6. The van der Waals surface area contributed by atoms with Gasteiger partial charge in [0.15, 0.2) is 0 Å². The van der Waals surface area contributed by atoms with Crippen LogP contribution in [0.15, 0.2) is 47.8 Å². The molecule has 0 bridgehead atoms. The Morgan fingerprint density at radius 3 is 2.62 bits per heavy atom. The van der Waals surface area contributed by atoms with Crippen molar-refractivity contribution in [2.45, 2.75) is 13.3 Å².